The maximum atomic E-state index is 9.03. The van der Waals surface area contributed by atoms with Crippen LogP contribution in [0.1, 0.15) is 5.89 Å². The molecule has 0 saturated carbocycles. The lowest BCUT2D eigenvalue weighted by atomic mass is 10.4. The number of aromatic nitrogens is 2. The van der Waals surface area contributed by atoms with E-state index in [0.29, 0.717) is 48.5 Å². The van der Waals surface area contributed by atoms with Gasteiger partial charge in [-0.3, -0.25) is 4.90 Å². The Kier molecular flexibility index (Phi) is 5.72. The molecule has 1 N–H and O–H groups in total. The average Bonchev–Trinajstić information content (AvgIpc) is 3.05. The summed E-state index contributed by atoms with van der Waals surface area (Å²) < 4.78 is 16.5. The van der Waals surface area contributed by atoms with Crippen LogP contribution in [0.2, 0.25) is 0 Å². The van der Waals surface area contributed by atoms with Gasteiger partial charge in [-0.2, -0.15) is 0 Å². The molecule has 7 nitrogen and oxygen atoms in total. The second-order valence-electron chi connectivity index (χ2n) is 4.10. The number of rotatable bonds is 8. The van der Waals surface area contributed by atoms with Gasteiger partial charge in [-0.15, -0.1) is 10.2 Å². The fourth-order valence-electron chi connectivity index (χ4n) is 1.67. The third-order valence-electron chi connectivity index (χ3n) is 2.64. The second kappa shape index (κ2) is 7.53. The molecule has 0 fully saturated rings. The number of nitrogens with zero attached hydrogens (tertiary/aromatic N) is 3. The Labute approximate surface area is 124 Å². The summed E-state index contributed by atoms with van der Waals surface area (Å²) in [5.41, 5.74) is 0. The summed E-state index contributed by atoms with van der Waals surface area (Å²) in [6.07, 6.45) is 0. The molecule has 8 heteroatoms. The Morgan fingerprint density at radius 1 is 1.30 bits per heavy atom. The Hall–Kier alpha value is -1.22. The van der Waals surface area contributed by atoms with E-state index < -0.39 is 0 Å². The molecule has 0 aliphatic carbocycles. The van der Waals surface area contributed by atoms with Gasteiger partial charge in [0.2, 0.25) is 5.89 Å². The molecular formula is C12H16BrN3O4. The van der Waals surface area contributed by atoms with Crippen molar-refractivity contribution in [3.8, 4) is 11.7 Å². The van der Waals surface area contributed by atoms with Gasteiger partial charge >= 0.3 is 0 Å². The van der Waals surface area contributed by atoms with Gasteiger partial charge in [-0.25, -0.2) is 0 Å². The van der Waals surface area contributed by atoms with Crippen LogP contribution in [0.3, 0.4) is 0 Å². The highest BCUT2D eigenvalue weighted by molar-refractivity contribution is 9.10. The van der Waals surface area contributed by atoms with Crippen LogP contribution in [-0.2, 0) is 11.3 Å². The number of aliphatic hydroxyl groups excluding tert-OH is 1. The molecule has 2 heterocycles. The molecule has 0 radical (unpaired) electrons. The third kappa shape index (κ3) is 4.14. The van der Waals surface area contributed by atoms with E-state index in [9.17, 15) is 0 Å². The monoisotopic (exact) mass is 345 g/mol. The zero-order valence-corrected chi connectivity index (χ0v) is 12.7. The molecule has 0 saturated heterocycles. The van der Waals surface area contributed by atoms with Crippen molar-refractivity contribution in [2.45, 2.75) is 6.54 Å². The molecule has 2 aromatic rings. The van der Waals surface area contributed by atoms with Crippen molar-refractivity contribution in [2.24, 2.45) is 0 Å². The van der Waals surface area contributed by atoms with E-state index in [1.54, 1.807) is 19.2 Å². The van der Waals surface area contributed by atoms with Crippen LogP contribution in [0.15, 0.2) is 25.6 Å². The maximum absolute atomic E-state index is 9.03. The number of halogens is 1. The predicted molar refractivity (Wildman–Crippen MR) is 73.9 cm³/mol. The van der Waals surface area contributed by atoms with Crippen molar-refractivity contribution in [1.29, 1.82) is 0 Å². The molecule has 0 bridgehead atoms. The summed E-state index contributed by atoms with van der Waals surface area (Å²) in [7, 11) is 1.64. The highest BCUT2D eigenvalue weighted by Crippen LogP contribution is 2.23. The van der Waals surface area contributed by atoms with Gasteiger partial charge in [-0.05, 0) is 28.1 Å². The van der Waals surface area contributed by atoms with E-state index in [1.807, 2.05) is 4.90 Å². The molecule has 2 aromatic heterocycles. The van der Waals surface area contributed by atoms with E-state index in [-0.39, 0.29) is 6.61 Å². The minimum atomic E-state index is 0.0653. The molecule has 0 aromatic carbocycles. The molecule has 0 spiro atoms. The van der Waals surface area contributed by atoms with Crippen molar-refractivity contribution >= 4 is 15.9 Å². The van der Waals surface area contributed by atoms with E-state index in [2.05, 4.69) is 26.1 Å². The van der Waals surface area contributed by atoms with Gasteiger partial charge in [0.15, 0.2) is 10.4 Å². The first-order chi connectivity index (χ1) is 9.72. The van der Waals surface area contributed by atoms with Crippen molar-refractivity contribution < 1.29 is 18.7 Å². The number of methoxy groups -OCH3 is 1. The Bertz CT molecular complexity index is 528. The minimum Gasteiger partial charge on any atom is -0.444 e. The minimum absolute atomic E-state index is 0.0653. The van der Waals surface area contributed by atoms with Crippen molar-refractivity contribution in [1.82, 2.24) is 15.1 Å². The molecular weight excluding hydrogens is 330 g/mol. The first-order valence-corrected chi connectivity index (χ1v) is 6.92. The number of hydrogen-bond donors (Lipinski definition) is 1. The Morgan fingerprint density at radius 2 is 2.15 bits per heavy atom. The van der Waals surface area contributed by atoms with Crippen LogP contribution >= 0.6 is 15.9 Å². The molecule has 0 atom stereocenters. The van der Waals surface area contributed by atoms with Gasteiger partial charge in [-0.1, -0.05) is 0 Å². The molecule has 0 amide bonds. The zero-order valence-electron chi connectivity index (χ0n) is 11.1. The van der Waals surface area contributed by atoms with E-state index in [1.165, 1.54) is 0 Å². The molecule has 0 unspecified atom stereocenters. The number of hydrogen-bond acceptors (Lipinski definition) is 7. The van der Waals surface area contributed by atoms with E-state index >= 15 is 0 Å². The number of furan rings is 1. The lowest BCUT2D eigenvalue weighted by Crippen LogP contribution is -2.30. The van der Waals surface area contributed by atoms with E-state index in [4.69, 9.17) is 18.7 Å². The zero-order chi connectivity index (χ0) is 14.4. The van der Waals surface area contributed by atoms with E-state index in [0.717, 1.165) is 0 Å². The summed E-state index contributed by atoms with van der Waals surface area (Å²) in [5.74, 6) is 1.32. The van der Waals surface area contributed by atoms with Crippen molar-refractivity contribution in [2.75, 3.05) is 33.4 Å². The van der Waals surface area contributed by atoms with Crippen LogP contribution in [0, 0.1) is 0 Å². The summed E-state index contributed by atoms with van der Waals surface area (Å²) in [4.78, 5) is 1.97. The summed E-state index contributed by atoms with van der Waals surface area (Å²) in [5, 5.41) is 16.9. The average molecular weight is 346 g/mol. The smallest absolute Gasteiger partial charge is 0.283 e. The SMILES string of the molecule is COCCN(CCO)Cc1nnc(-c2ccc(Br)o2)o1. The van der Waals surface area contributed by atoms with Crippen molar-refractivity contribution in [3.05, 3.63) is 22.7 Å². The topological polar surface area (TPSA) is 84.8 Å². The van der Waals surface area contributed by atoms with Crippen LogP contribution < -0.4 is 0 Å². The highest BCUT2D eigenvalue weighted by atomic mass is 79.9. The van der Waals surface area contributed by atoms with Crippen LogP contribution in [-0.4, -0.2) is 53.6 Å². The normalized spacial score (nSPS) is 11.4. The standard InChI is InChI=1S/C12H16BrN3O4/c1-18-7-5-16(4-6-17)8-11-14-15-12(20-11)9-2-3-10(13)19-9/h2-3,17H,4-8H2,1H3. The third-order valence-corrected chi connectivity index (χ3v) is 3.06. The largest absolute Gasteiger partial charge is 0.444 e. The summed E-state index contributed by atoms with van der Waals surface area (Å²) >= 11 is 3.22. The molecule has 20 heavy (non-hydrogen) atoms. The van der Waals surface area contributed by atoms with Crippen molar-refractivity contribution in [3.63, 3.8) is 0 Å². The highest BCUT2D eigenvalue weighted by Gasteiger charge is 2.14. The van der Waals surface area contributed by atoms with Gasteiger partial charge in [0.25, 0.3) is 5.89 Å². The summed E-state index contributed by atoms with van der Waals surface area (Å²) in [6.45, 7) is 2.30. The van der Waals surface area contributed by atoms with Gasteiger partial charge in [0.05, 0.1) is 19.8 Å². The molecule has 110 valence electrons. The second-order valence-corrected chi connectivity index (χ2v) is 4.88. The Balaban J connectivity index is 2.00. The predicted octanol–water partition coefficient (Wildman–Crippen LogP) is 1.53. The maximum Gasteiger partial charge on any atom is 0.283 e. The lowest BCUT2D eigenvalue weighted by molar-refractivity contribution is 0.121. The fourth-order valence-corrected chi connectivity index (χ4v) is 1.98. The first kappa shape index (κ1) is 15.2. The number of aliphatic hydroxyl groups is 1. The van der Waals surface area contributed by atoms with Gasteiger partial charge in [0, 0.05) is 20.2 Å². The van der Waals surface area contributed by atoms with Crippen LogP contribution in [0.5, 0.6) is 0 Å². The fraction of sp³-hybridized carbons (Fsp3) is 0.500. The van der Waals surface area contributed by atoms with Crippen LogP contribution in [0.25, 0.3) is 11.7 Å². The lowest BCUT2D eigenvalue weighted by Gasteiger charge is -2.18. The van der Waals surface area contributed by atoms with Gasteiger partial charge < -0.3 is 18.7 Å². The molecule has 0 aliphatic rings. The van der Waals surface area contributed by atoms with Crippen LogP contribution in [0.4, 0.5) is 0 Å². The molecule has 0 aliphatic heterocycles. The summed E-state index contributed by atoms with van der Waals surface area (Å²) in [6, 6.07) is 3.51. The van der Waals surface area contributed by atoms with Gasteiger partial charge in [0.1, 0.15) is 0 Å². The number of ether oxygens (including phenoxy) is 1. The first-order valence-electron chi connectivity index (χ1n) is 6.13. The Morgan fingerprint density at radius 3 is 2.80 bits per heavy atom. The quantitative estimate of drug-likeness (QED) is 0.776. The molecule has 2 rings (SSSR count).